The van der Waals surface area contributed by atoms with Crippen molar-refractivity contribution in [2.75, 3.05) is 18.0 Å². The SMILES string of the molecule is C1Cc2nc(C3CC3)nc(N3CCCC3)c2C1. The maximum Gasteiger partial charge on any atom is 0.135 e. The molecule has 3 nitrogen and oxygen atoms in total. The minimum atomic E-state index is 0.683. The van der Waals surface area contributed by atoms with Crippen molar-refractivity contribution < 1.29 is 0 Å². The lowest BCUT2D eigenvalue weighted by atomic mass is 10.2. The van der Waals surface area contributed by atoms with Crippen molar-refractivity contribution >= 4 is 5.82 Å². The summed E-state index contributed by atoms with van der Waals surface area (Å²) >= 11 is 0. The van der Waals surface area contributed by atoms with Gasteiger partial charge in [-0.05, 0) is 44.9 Å². The van der Waals surface area contributed by atoms with Gasteiger partial charge >= 0.3 is 0 Å². The molecule has 0 N–H and O–H groups in total. The van der Waals surface area contributed by atoms with Crippen LogP contribution in [0.4, 0.5) is 5.82 Å². The van der Waals surface area contributed by atoms with Crippen LogP contribution in [0.2, 0.25) is 0 Å². The minimum absolute atomic E-state index is 0.683. The quantitative estimate of drug-likeness (QED) is 0.780. The molecule has 0 radical (unpaired) electrons. The molecular weight excluding hydrogens is 210 g/mol. The molecule has 0 spiro atoms. The molecule has 3 aliphatic rings. The average Bonchev–Trinajstić information content (AvgIpc) is 2.89. The third-order valence-electron chi connectivity index (χ3n) is 4.28. The molecule has 0 amide bonds. The largest absolute Gasteiger partial charge is 0.356 e. The van der Waals surface area contributed by atoms with Gasteiger partial charge in [0.15, 0.2) is 0 Å². The summed E-state index contributed by atoms with van der Waals surface area (Å²) in [5.41, 5.74) is 2.83. The predicted octanol–water partition coefficient (Wildman–Crippen LogP) is 2.44. The molecule has 0 aromatic carbocycles. The summed E-state index contributed by atoms with van der Waals surface area (Å²) in [6.07, 6.45) is 8.93. The first kappa shape index (κ1) is 9.86. The molecule has 1 aromatic heterocycles. The van der Waals surface area contributed by atoms with Gasteiger partial charge in [-0.15, -0.1) is 0 Å². The third kappa shape index (κ3) is 1.63. The molecule has 1 saturated heterocycles. The molecule has 1 saturated carbocycles. The third-order valence-corrected chi connectivity index (χ3v) is 4.28. The van der Waals surface area contributed by atoms with Gasteiger partial charge in [-0.3, -0.25) is 0 Å². The number of anilines is 1. The lowest BCUT2D eigenvalue weighted by molar-refractivity contribution is 0.846. The van der Waals surface area contributed by atoms with Gasteiger partial charge in [0.25, 0.3) is 0 Å². The van der Waals surface area contributed by atoms with E-state index in [9.17, 15) is 0 Å². The number of hydrogen-bond acceptors (Lipinski definition) is 3. The first-order chi connectivity index (χ1) is 8.42. The average molecular weight is 229 g/mol. The van der Waals surface area contributed by atoms with Crippen LogP contribution in [0.25, 0.3) is 0 Å². The van der Waals surface area contributed by atoms with Crippen molar-refractivity contribution in [1.82, 2.24) is 9.97 Å². The summed E-state index contributed by atoms with van der Waals surface area (Å²) in [7, 11) is 0. The molecular formula is C14H19N3. The lowest BCUT2D eigenvalue weighted by Crippen LogP contribution is -2.22. The molecule has 0 atom stereocenters. The standard InChI is InChI=1S/C14H19N3/c1-2-9-17(8-1)14-11-4-3-5-12(11)15-13(16-14)10-6-7-10/h10H,1-9H2. The Hall–Kier alpha value is -1.12. The predicted molar refractivity (Wildman–Crippen MR) is 67.5 cm³/mol. The number of aromatic nitrogens is 2. The fourth-order valence-electron chi connectivity index (χ4n) is 3.15. The summed E-state index contributed by atoms with van der Waals surface area (Å²) in [4.78, 5) is 12.2. The van der Waals surface area contributed by atoms with E-state index in [1.807, 2.05) is 0 Å². The van der Waals surface area contributed by atoms with E-state index in [1.165, 1.54) is 75.1 Å². The van der Waals surface area contributed by atoms with Crippen LogP contribution in [-0.4, -0.2) is 23.1 Å². The maximum atomic E-state index is 4.90. The van der Waals surface area contributed by atoms with E-state index in [-0.39, 0.29) is 0 Å². The van der Waals surface area contributed by atoms with Gasteiger partial charge in [0.05, 0.1) is 0 Å². The molecule has 1 aliphatic heterocycles. The Morgan fingerprint density at radius 2 is 1.76 bits per heavy atom. The highest BCUT2D eigenvalue weighted by Gasteiger charge is 2.31. The molecule has 3 heteroatoms. The van der Waals surface area contributed by atoms with Crippen molar-refractivity contribution in [2.45, 2.75) is 50.9 Å². The monoisotopic (exact) mass is 229 g/mol. The summed E-state index contributed by atoms with van der Waals surface area (Å²) < 4.78 is 0. The second-order valence-electron chi connectivity index (χ2n) is 5.65. The zero-order chi connectivity index (χ0) is 11.2. The zero-order valence-corrected chi connectivity index (χ0v) is 10.3. The first-order valence-electron chi connectivity index (χ1n) is 7.06. The van der Waals surface area contributed by atoms with E-state index in [2.05, 4.69) is 4.90 Å². The lowest BCUT2D eigenvalue weighted by Gasteiger charge is -2.20. The van der Waals surface area contributed by atoms with E-state index in [4.69, 9.17) is 9.97 Å². The van der Waals surface area contributed by atoms with Crippen LogP contribution >= 0.6 is 0 Å². The van der Waals surface area contributed by atoms with E-state index in [0.29, 0.717) is 5.92 Å². The highest BCUT2D eigenvalue weighted by Crippen LogP contribution is 2.40. The van der Waals surface area contributed by atoms with Crippen LogP contribution in [0.15, 0.2) is 0 Å². The van der Waals surface area contributed by atoms with Crippen LogP contribution in [-0.2, 0) is 12.8 Å². The molecule has 2 aliphatic carbocycles. The Morgan fingerprint density at radius 3 is 2.53 bits per heavy atom. The second kappa shape index (κ2) is 3.69. The minimum Gasteiger partial charge on any atom is -0.356 e. The molecule has 1 aromatic rings. The Kier molecular flexibility index (Phi) is 2.14. The van der Waals surface area contributed by atoms with Crippen LogP contribution in [0.1, 0.15) is 55.1 Å². The van der Waals surface area contributed by atoms with Crippen LogP contribution in [0.3, 0.4) is 0 Å². The number of rotatable bonds is 2. The van der Waals surface area contributed by atoms with Gasteiger partial charge in [-0.2, -0.15) is 0 Å². The van der Waals surface area contributed by atoms with Gasteiger partial charge < -0.3 is 4.90 Å². The van der Waals surface area contributed by atoms with Crippen LogP contribution in [0, 0.1) is 0 Å². The summed E-state index contributed by atoms with van der Waals surface area (Å²) in [6, 6.07) is 0. The molecule has 4 rings (SSSR count). The number of aryl methyl sites for hydroxylation is 1. The molecule has 2 fully saturated rings. The van der Waals surface area contributed by atoms with Crippen LogP contribution < -0.4 is 4.90 Å². The number of hydrogen-bond donors (Lipinski definition) is 0. The number of fused-ring (bicyclic) bond motifs is 1. The maximum absolute atomic E-state index is 4.90. The van der Waals surface area contributed by atoms with Crippen molar-refractivity contribution in [3.63, 3.8) is 0 Å². The fourth-order valence-corrected chi connectivity index (χ4v) is 3.15. The highest BCUT2D eigenvalue weighted by atomic mass is 15.2. The molecule has 0 unspecified atom stereocenters. The topological polar surface area (TPSA) is 29.0 Å². The van der Waals surface area contributed by atoms with Gasteiger partial charge in [0.1, 0.15) is 11.6 Å². The highest BCUT2D eigenvalue weighted by molar-refractivity contribution is 5.52. The van der Waals surface area contributed by atoms with Crippen molar-refractivity contribution in [3.05, 3.63) is 17.1 Å². The van der Waals surface area contributed by atoms with E-state index < -0.39 is 0 Å². The summed E-state index contributed by atoms with van der Waals surface area (Å²) in [6.45, 7) is 2.40. The molecule has 90 valence electrons. The van der Waals surface area contributed by atoms with Gasteiger partial charge in [0, 0.05) is 30.3 Å². The van der Waals surface area contributed by atoms with E-state index >= 15 is 0 Å². The first-order valence-corrected chi connectivity index (χ1v) is 7.06. The van der Waals surface area contributed by atoms with Crippen molar-refractivity contribution in [3.8, 4) is 0 Å². The normalized spacial score (nSPS) is 23.2. The van der Waals surface area contributed by atoms with Crippen molar-refractivity contribution in [2.24, 2.45) is 0 Å². The summed E-state index contributed by atoms with van der Waals surface area (Å²) in [5.74, 6) is 3.13. The van der Waals surface area contributed by atoms with E-state index in [1.54, 1.807) is 0 Å². The molecule has 0 bridgehead atoms. The van der Waals surface area contributed by atoms with Crippen LogP contribution in [0.5, 0.6) is 0 Å². The van der Waals surface area contributed by atoms with Gasteiger partial charge in [-0.25, -0.2) is 9.97 Å². The second-order valence-corrected chi connectivity index (χ2v) is 5.65. The number of nitrogens with zero attached hydrogens (tertiary/aromatic N) is 3. The Labute approximate surface area is 102 Å². The smallest absolute Gasteiger partial charge is 0.135 e. The Bertz CT molecular complexity index is 445. The van der Waals surface area contributed by atoms with Crippen molar-refractivity contribution in [1.29, 1.82) is 0 Å². The fraction of sp³-hybridized carbons (Fsp3) is 0.714. The zero-order valence-electron chi connectivity index (χ0n) is 10.3. The van der Waals surface area contributed by atoms with Gasteiger partial charge in [0.2, 0.25) is 0 Å². The molecule has 17 heavy (non-hydrogen) atoms. The Balaban J connectivity index is 1.79. The Morgan fingerprint density at radius 1 is 0.941 bits per heavy atom. The van der Waals surface area contributed by atoms with E-state index in [0.717, 1.165) is 5.82 Å². The van der Waals surface area contributed by atoms with Gasteiger partial charge in [-0.1, -0.05) is 0 Å². The molecule has 2 heterocycles. The summed E-state index contributed by atoms with van der Waals surface area (Å²) in [5, 5.41) is 0.